The number of nitrogens with one attached hydrogen (secondary N) is 2. The van der Waals surface area contributed by atoms with Crippen LogP contribution in [-0.2, 0) is 4.79 Å². The van der Waals surface area contributed by atoms with E-state index in [4.69, 9.17) is 17.0 Å². The fourth-order valence-electron chi connectivity index (χ4n) is 5.42. The van der Waals surface area contributed by atoms with Crippen LogP contribution in [0, 0.1) is 0 Å². The summed E-state index contributed by atoms with van der Waals surface area (Å²) in [6, 6.07) is 16.4. The number of hydrogen-bond acceptors (Lipinski definition) is 4. The summed E-state index contributed by atoms with van der Waals surface area (Å²) in [7, 11) is 1.60. The Balaban J connectivity index is 1.61. The van der Waals surface area contributed by atoms with E-state index in [-0.39, 0.29) is 18.0 Å². The number of carbonyl (C=O) groups excluding carboxylic acids is 1. The van der Waals surface area contributed by atoms with Crippen molar-refractivity contribution in [2.45, 2.75) is 57.2 Å². The van der Waals surface area contributed by atoms with E-state index >= 15 is 0 Å². The predicted molar refractivity (Wildman–Crippen MR) is 142 cm³/mol. The Kier molecular flexibility index (Phi) is 6.72. The number of benzene rings is 1. The molecule has 1 saturated carbocycles. The van der Waals surface area contributed by atoms with Crippen LogP contribution >= 0.6 is 12.2 Å². The van der Waals surface area contributed by atoms with Crippen molar-refractivity contribution in [2.24, 2.45) is 0 Å². The molecule has 3 heterocycles. The summed E-state index contributed by atoms with van der Waals surface area (Å²) in [6.07, 6.45) is 10.2. The summed E-state index contributed by atoms with van der Waals surface area (Å²) >= 11 is 5.90. The number of rotatable bonds is 6. The standard InChI is InChI=1S/C27H31N5O2S/c1-18(33)29-22-17-20(13-14-24(22)34-2)32-26(25(30-27(32)35)21-11-6-7-15-28-21)23-12-8-16-31(23)19-9-4-3-5-10-19/h6-8,11-17,19,25-26H,3-5,9-10H2,1-2H3,(H,29,33)(H,30,35). The van der Waals surface area contributed by atoms with Crippen LogP contribution in [0.4, 0.5) is 11.4 Å². The molecule has 0 radical (unpaired) electrons. The minimum absolute atomic E-state index is 0.104. The first-order chi connectivity index (χ1) is 17.1. The highest BCUT2D eigenvalue weighted by Gasteiger charge is 2.42. The summed E-state index contributed by atoms with van der Waals surface area (Å²) in [5.74, 6) is 0.446. The van der Waals surface area contributed by atoms with Crippen molar-refractivity contribution in [3.05, 3.63) is 72.3 Å². The van der Waals surface area contributed by atoms with Crippen molar-refractivity contribution in [1.29, 1.82) is 0 Å². The van der Waals surface area contributed by atoms with Crippen LogP contribution < -0.4 is 20.3 Å². The summed E-state index contributed by atoms with van der Waals surface area (Å²) in [5, 5.41) is 7.05. The molecule has 7 nitrogen and oxygen atoms in total. The largest absolute Gasteiger partial charge is 0.495 e. The maximum atomic E-state index is 11.9. The van der Waals surface area contributed by atoms with Gasteiger partial charge in [-0.15, -0.1) is 0 Å². The van der Waals surface area contributed by atoms with Gasteiger partial charge in [0.1, 0.15) is 11.8 Å². The molecule has 2 aromatic heterocycles. The van der Waals surface area contributed by atoms with E-state index in [0.717, 1.165) is 11.4 Å². The summed E-state index contributed by atoms with van der Waals surface area (Å²) in [4.78, 5) is 18.7. The molecule has 1 aromatic carbocycles. The monoisotopic (exact) mass is 489 g/mol. The van der Waals surface area contributed by atoms with Crippen molar-refractivity contribution in [3.8, 4) is 5.75 Å². The van der Waals surface area contributed by atoms with E-state index in [1.807, 2.05) is 42.6 Å². The molecule has 0 spiro atoms. The number of pyridine rings is 1. The first-order valence-electron chi connectivity index (χ1n) is 12.2. The third kappa shape index (κ3) is 4.62. The van der Waals surface area contributed by atoms with Crippen molar-refractivity contribution < 1.29 is 9.53 Å². The molecular formula is C27H31N5O2S. The molecule has 2 fully saturated rings. The molecule has 182 valence electrons. The maximum Gasteiger partial charge on any atom is 0.221 e. The second kappa shape index (κ2) is 10.1. The zero-order chi connectivity index (χ0) is 24.4. The number of hydrogen-bond donors (Lipinski definition) is 2. The highest BCUT2D eigenvalue weighted by Crippen LogP contribution is 2.44. The van der Waals surface area contributed by atoms with E-state index in [2.05, 4.69) is 43.4 Å². The number of nitrogens with zero attached hydrogens (tertiary/aromatic N) is 3. The molecule has 3 aromatic rings. The van der Waals surface area contributed by atoms with Crippen molar-refractivity contribution in [3.63, 3.8) is 0 Å². The fraction of sp³-hybridized carbons (Fsp3) is 0.370. The van der Waals surface area contributed by atoms with Gasteiger partial charge in [0.05, 0.1) is 24.5 Å². The number of anilines is 2. The van der Waals surface area contributed by atoms with Crippen LogP contribution in [-0.4, -0.2) is 27.7 Å². The van der Waals surface area contributed by atoms with E-state index in [9.17, 15) is 4.79 Å². The molecule has 2 unspecified atom stereocenters. The van der Waals surface area contributed by atoms with Gasteiger partial charge < -0.3 is 24.8 Å². The fourth-order valence-corrected chi connectivity index (χ4v) is 5.76. The lowest BCUT2D eigenvalue weighted by Crippen LogP contribution is -2.31. The summed E-state index contributed by atoms with van der Waals surface area (Å²) < 4.78 is 7.93. The SMILES string of the molecule is COc1ccc(N2C(=S)NC(c3ccccn3)C2c2cccn2C2CCCCC2)cc1NC(C)=O. The lowest BCUT2D eigenvalue weighted by atomic mass is 9.94. The Morgan fingerprint density at radius 2 is 1.97 bits per heavy atom. The molecule has 2 atom stereocenters. The second-order valence-electron chi connectivity index (χ2n) is 9.19. The van der Waals surface area contributed by atoms with E-state index in [0.29, 0.717) is 22.6 Å². The Morgan fingerprint density at radius 1 is 1.14 bits per heavy atom. The van der Waals surface area contributed by atoms with E-state index in [1.54, 1.807) is 7.11 Å². The van der Waals surface area contributed by atoms with Crippen LogP contribution in [0.15, 0.2) is 60.9 Å². The Bertz CT molecular complexity index is 1210. The van der Waals surface area contributed by atoms with Gasteiger partial charge in [-0.05, 0) is 67.5 Å². The van der Waals surface area contributed by atoms with Crippen molar-refractivity contribution in [1.82, 2.24) is 14.9 Å². The normalized spacial score (nSPS) is 20.5. The highest BCUT2D eigenvalue weighted by atomic mass is 32.1. The van der Waals surface area contributed by atoms with Gasteiger partial charge in [0.25, 0.3) is 0 Å². The van der Waals surface area contributed by atoms with Gasteiger partial charge in [0.15, 0.2) is 5.11 Å². The number of amides is 1. The van der Waals surface area contributed by atoms with Gasteiger partial charge in [-0.2, -0.15) is 0 Å². The third-order valence-electron chi connectivity index (χ3n) is 6.95. The van der Waals surface area contributed by atoms with Gasteiger partial charge in [0, 0.05) is 36.7 Å². The smallest absolute Gasteiger partial charge is 0.221 e. The van der Waals surface area contributed by atoms with Crippen LogP contribution in [0.25, 0.3) is 0 Å². The highest BCUT2D eigenvalue weighted by molar-refractivity contribution is 7.80. The van der Waals surface area contributed by atoms with Gasteiger partial charge in [-0.3, -0.25) is 9.78 Å². The molecule has 2 N–H and O–H groups in total. The van der Waals surface area contributed by atoms with Gasteiger partial charge in [-0.25, -0.2) is 0 Å². The topological polar surface area (TPSA) is 71.4 Å². The maximum absolute atomic E-state index is 11.9. The Morgan fingerprint density at radius 3 is 2.69 bits per heavy atom. The average Bonchev–Trinajstić information content (AvgIpc) is 3.49. The molecule has 1 aliphatic carbocycles. The lowest BCUT2D eigenvalue weighted by Gasteiger charge is -2.32. The molecule has 0 bridgehead atoms. The molecule has 5 rings (SSSR count). The van der Waals surface area contributed by atoms with Gasteiger partial charge in [-0.1, -0.05) is 25.3 Å². The Hall–Kier alpha value is -3.39. The minimum atomic E-state index is -0.156. The molecule has 8 heteroatoms. The molecule has 1 amide bonds. The quantitative estimate of drug-likeness (QED) is 0.444. The third-order valence-corrected chi connectivity index (χ3v) is 7.27. The van der Waals surface area contributed by atoms with Crippen molar-refractivity contribution in [2.75, 3.05) is 17.3 Å². The molecule has 1 saturated heterocycles. The lowest BCUT2D eigenvalue weighted by molar-refractivity contribution is -0.114. The zero-order valence-corrected chi connectivity index (χ0v) is 20.9. The number of ether oxygens (including phenoxy) is 1. The molecule has 35 heavy (non-hydrogen) atoms. The van der Waals surface area contributed by atoms with Crippen molar-refractivity contribution >= 4 is 34.6 Å². The summed E-state index contributed by atoms with van der Waals surface area (Å²) in [5.41, 5.74) is 3.64. The summed E-state index contributed by atoms with van der Waals surface area (Å²) in [6.45, 7) is 1.49. The first kappa shape index (κ1) is 23.4. The van der Waals surface area contributed by atoms with Crippen LogP contribution in [0.5, 0.6) is 5.75 Å². The second-order valence-corrected chi connectivity index (χ2v) is 9.58. The first-order valence-corrected chi connectivity index (χ1v) is 12.6. The molecule has 2 aliphatic rings. The van der Waals surface area contributed by atoms with Crippen LogP contribution in [0.2, 0.25) is 0 Å². The van der Waals surface area contributed by atoms with Gasteiger partial charge >= 0.3 is 0 Å². The number of carbonyl (C=O) groups is 1. The number of methoxy groups -OCH3 is 1. The zero-order valence-electron chi connectivity index (χ0n) is 20.1. The average molecular weight is 490 g/mol. The molecule has 1 aliphatic heterocycles. The van der Waals surface area contributed by atoms with Gasteiger partial charge in [0.2, 0.25) is 5.91 Å². The predicted octanol–water partition coefficient (Wildman–Crippen LogP) is 5.53. The number of thiocarbonyl (C=S) groups is 1. The van der Waals surface area contributed by atoms with E-state index < -0.39 is 0 Å². The van der Waals surface area contributed by atoms with Crippen LogP contribution in [0.1, 0.15) is 68.5 Å². The number of aromatic nitrogens is 2. The van der Waals surface area contributed by atoms with E-state index in [1.165, 1.54) is 44.7 Å². The molecular weight excluding hydrogens is 458 g/mol. The van der Waals surface area contributed by atoms with Crippen LogP contribution in [0.3, 0.4) is 0 Å². The minimum Gasteiger partial charge on any atom is -0.495 e. The Labute approximate surface area is 211 Å².